The smallest absolute Gasteiger partial charge is 0.0991 e. The van der Waals surface area contributed by atoms with Crippen molar-refractivity contribution in [3.8, 4) is 6.07 Å². The molecule has 0 saturated carbocycles. The molecule has 0 radical (unpaired) electrons. The van der Waals surface area contributed by atoms with Crippen molar-refractivity contribution >= 4 is 11.3 Å². The molecular formula is C14H14N2S. The van der Waals surface area contributed by atoms with Crippen LogP contribution < -0.4 is 5.32 Å². The van der Waals surface area contributed by atoms with E-state index in [0.717, 1.165) is 19.5 Å². The monoisotopic (exact) mass is 242 g/mol. The zero-order valence-corrected chi connectivity index (χ0v) is 10.3. The van der Waals surface area contributed by atoms with Gasteiger partial charge in [-0.25, -0.2) is 0 Å². The summed E-state index contributed by atoms with van der Waals surface area (Å²) in [7, 11) is 0. The van der Waals surface area contributed by atoms with Crippen LogP contribution in [0.15, 0.2) is 41.8 Å². The molecular weight excluding hydrogens is 228 g/mol. The third-order valence-electron chi connectivity index (χ3n) is 2.54. The Morgan fingerprint density at radius 2 is 2.00 bits per heavy atom. The van der Waals surface area contributed by atoms with Gasteiger partial charge in [0.1, 0.15) is 0 Å². The summed E-state index contributed by atoms with van der Waals surface area (Å²) < 4.78 is 0. The van der Waals surface area contributed by atoms with Gasteiger partial charge in [-0.05, 0) is 35.6 Å². The van der Waals surface area contributed by atoms with Gasteiger partial charge in [0.2, 0.25) is 0 Å². The zero-order chi connectivity index (χ0) is 11.9. The van der Waals surface area contributed by atoms with Crippen molar-refractivity contribution in [2.24, 2.45) is 0 Å². The largest absolute Gasteiger partial charge is 0.312 e. The molecule has 2 nitrogen and oxygen atoms in total. The highest BCUT2D eigenvalue weighted by Gasteiger charge is 1.95. The molecule has 1 aromatic heterocycles. The molecule has 2 rings (SSSR count). The van der Waals surface area contributed by atoms with Crippen LogP contribution in [0.1, 0.15) is 16.0 Å². The van der Waals surface area contributed by atoms with Gasteiger partial charge < -0.3 is 5.32 Å². The van der Waals surface area contributed by atoms with Crippen molar-refractivity contribution in [1.82, 2.24) is 5.32 Å². The summed E-state index contributed by atoms with van der Waals surface area (Å²) in [4.78, 5) is 1.41. The number of nitrogens with one attached hydrogen (secondary N) is 1. The fourth-order valence-electron chi connectivity index (χ4n) is 1.60. The maximum Gasteiger partial charge on any atom is 0.0991 e. The van der Waals surface area contributed by atoms with Crippen LogP contribution in [0.5, 0.6) is 0 Å². The van der Waals surface area contributed by atoms with E-state index in [1.54, 1.807) is 11.3 Å². The predicted octanol–water partition coefficient (Wildman–Crippen LogP) is 2.95. The van der Waals surface area contributed by atoms with Gasteiger partial charge >= 0.3 is 0 Å². The van der Waals surface area contributed by atoms with Crippen LogP contribution in [0, 0.1) is 11.3 Å². The second-order valence-electron chi connectivity index (χ2n) is 3.81. The van der Waals surface area contributed by atoms with Gasteiger partial charge in [0.25, 0.3) is 0 Å². The SMILES string of the molecule is N#Cc1ccc(CNCCc2cccs2)cc1. The van der Waals surface area contributed by atoms with Gasteiger partial charge in [0.15, 0.2) is 0 Å². The number of nitrogens with zero attached hydrogens (tertiary/aromatic N) is 1. The van der Waals surface area contributed by atoms with Crippen LogP contribution >= 0.6 is 11.3 Å². The van der Waals surface area contributed by atoms with Crippen molar-refractivity contribution in [1.29, 1.82) is 5.26 Å². The Bertz CT molecular complexity index is 480. The van der Waals surface area contributed by atoms with Crippen molar-refractivity contribution in [3.05, 3.63) is 57.8 Å². The molecule has 0 aliphatic heterocycles. The summed E-state index contributed by atoms with van der Waals surface area (Å²) in [6.45, 7) is 1.84. The van der Waals surface area contributed by atoms with Crippen molar-refractivity contribution in [3.63, 3.8) is 0 Å². The molecule has 0 spiro atoms. The first kappa shape index (κ1) is 11.8. The molecule has 1 N–H and O–H groups in total. The molecule has 1 heterocycles. The minimum atomic E-state index is 0.715. The fraction of sp³-hybridized carbons (Fsp3) is 0.214. The van der Waals surface area contributed by atoms with E-state index in [-0.39, 0.29) is 0 Å². The van der Waals surface area contributed by atoms with E-state index < -0.39 is 0 Å². The van der Waals surface area contributed by atoms with Gasteiger partial charge in [-0.1, -0.05) is 18.2 Å². The van der Waals surface area contributed by atoms with E-state index in [0.29, 0.717) is 5.56 Å². The summed E-state index contributed by atoms with van der Waals surface area (Å²) in [6.07, 6.45) is 1.08. The lowest BCUT2D eigenvalue weighted by Gasteiger charge is -2.03. The Kier molecular flexibility index (Phi) is 4.31. The third kappa shape index (κ3) is 3.70. The summed E-state index contributed by atoms with van der Waals surface area (Å²) in [6, 6.07) is 14.1. The van der Waals surface area contributed by atoms with E-state index >= 15 is 0 Å². The van der Waals surface area contributed by atoms with Crippen LogP contribution in [0.4, 0.5) is 0 Å². The number of nitriles is 1. The Balaban J connectivity index is 1.73. The lowest BCUT2D eigenvalue weighted by atomic mass is 10.1. The highest BCUT2D eigenvalue weighted by Crippen LogP contribution is 2.08. The van der Waals surface area contributed by atoms with Crippen molar-refractivity contribution < 1.29 is 0 Å². The summed E-state index contributed by atoms with van der Waals surface area (Å²) >= 11 is 1.80. The Labute approximate surface area is 106 Å². The van der Waals surface area contributed by atoms with Crippen LogP contribution in [0.2, 0.25) is 0 Å². The third-order valence-corrected chi connectivity index (χ3v) is 3.48. The van der Waals surface area contributed by atoms with Gasteiger partial charge in [0.05, 0.1) is 11.6 Å². The Hall–Kier alpha value is -1.63. The van der Waals surface area contributed by atoms with Gasteiger partial charge in [-0.2, -0.15) is 5.26 Å². The van der Waals surface area contributed by atoms with E-state index in [2.05, 4.69) is 28.9 Å². The molecule has 0 fully saturated rings. The molecule has 2 aromatic rings. The molecule has 3 heteroatoms. The molecule has 0 amide bonds. The quantitative estimate of drug-likeness (QED) is 0.818. The molecule has 0 bridgehead atoms. The zero-order valence-electron chi connectivity index (χ0n) is 9.52. The maximum absolute atomic E-state index is 8.68. The first-order valence-electron chi connectivity index (χ1n) is 5.60. The number of thiophene rings is 1. The molecule has 0 unspecified atom stereocenters. The Morgan fingerprint density at radius 3 is 2.65 bits per heavy atom. The summed E-state index contributed by atoms with van der Waals surface area (Å²) in [5, 5.41) is 14.2. The second kappa shape index (κ2) is 6.19. The van der Waals surface area contributed by atoms with Gasteiger partial charge in [-0.15, -0.1) is 11.3 Å². The van der Waals surface area contributed by atoms with Gasteiger partial charge in [0, 0.05) is 18.0 Å². The highest BCUT2D eigenvalue weighted by atomic mass is 32.1. The molecule has 0 aliphatic rings. The average molecular weight is 242 g/mol. The summed E-state index contributed by atoms with van der Waals surface area (Å²) in [5.74, 6) is 0. The van der Waals surface area contributed by atoms with E-state index in [1.807, 2.05) is 24.3 Å². The first-order chi connectivity index (χ1) is 8.38. The van der Waals surface area contributed by atoms with E-state index in [4.69, 9.17) is 5.26 Å². The second-order valence-corrected chi connectivity index (χ2v) is 4.85. The molecule has 86 valence electrons. The number of hydrogen-bond donors (Lipinski definition) is 1. The normalized spacial score (nSPS) is 10.1. The van der Waals surface area contributed by atoms with Crippen LogP contribution in [0.3, 0.4) is 0 Å². The number of rotatable bonds is 5. The van der Waals surface area contributed by atoms with Crippen molar-refractivity contribution in [2.75, 3.05) is 6.54 Å². The Morgan fingerprint density at radius 1 is 1.18 bits per heavy atom. The number of benzene rings is 1. The molecule has 0 saturated heterocycles. The van der Waals surface area contributed by atoms with Crippen LogP contribution in [-0.4, -0.2) is 6.54 Å². The molecule has 0 atom stereocenters. The fourth-order valence-corrected chi connectivity index (χ4v) is 2.31. The maximum atomic E-state index is 8.68. The summed E-state index contributed by atoms with van der Waals surface area (Å²) in [5.41, 5.74) is 1.93. The average Bonchev–Trinajstić information content (AvgIpc) is 2.88. The van der Waals surface area contributed by atoms with E-state index in [1.165, 1.54) is 10.4 Å². The molecule has 0 aliphatic carbocycles. The van der Waals surface area contributed by atoms with Gasteiger partial charge in [-0.3, -0.25) is 0 Å². The lowest BCUT2D eigenvalue weighted by molar-refractivity contribution is 0.690. The van der Waals surface area contributed by atoms with Crippen LogP contribution in [-0.2, 0) is 13.0 Å². The van der Waals surface area contributed by atoms with E-state index in [9.17, 15) is 0 Å². The van der Waals surface area contributed by atoms with Crippen molar-refractivity contribution in [2.45, 2.75) is 13.0 Å². The molecule has 1 aromatic carbocycles. The highest BCUT2D eigenvalue weighted by molar-refractivity contribution is 7.09. The predicted molar refractivity (Wildman–Crippen MR) is 70.9 cm³/mol. The van der Waals surface area contributed by atoms with Crippen LogP contribution in [0.25, 0.3) is 0 Å². The lowest BCUT2D eigenvalue weighted by Crippen LogP contribution is -2.16. The first-order valence-corrected chi connectivity index (χ1v) is 6.48. The number of hydrogen-bond acceptors (Lipinski definition) is 3. The minimum Gasteiger partial charge on any atom is -0.312 e. The molecule has 17 heavy (non-hydrogen) atoms. The minimum absolute atomic E-state index is 0.715. The topological polar surface area (TPSA) is 35.8 Å². The standard InChI is InChI=1S/C14H14N2S/c15-10-12-3-5-13(6-4-12)11-16-8-7-14-2-1-9-17-14/h1-6,9,16H,7-8,11H2.